The summed E-state index contributed by atoms with van der Waals surface area (Å²) in [7, 11) is 4.89. The molecule has 6 nitrogen and oxygen atoms in total. The standard InChI is InChI=1S/C21H21NO5/c1-24-15-4-5-16-14(12-22-6-7-27-21(22)23)8-13-9-19(25-2)20(26-3)11-17(13)18(16)10-15/h4-5,8-11H,6-7,12H2,1-3H3. The van der Waals surface area contributed by atoms with Crippen LogP contribution in [0.2, 0.25) is 0 Å². The van der Waals surface area contributed by atoms with Gasteiger partial charge in [0.1, 0.15) is 12.4 Å². The molecule has 0 saturated carbocycles. The Morgan fingerprint density at radius 3 is 2.37 bits per heavy atom. The number of nitrogens with zero attached hydrogens (tertiary/aromatic N) is 1. The number of carbonyl (C=O) groups excluding carboxylic acids is 1. The van der Waals surface area contributed by atoms with Crippen molar-refractivity contribution in [1.82, 2.24) is 4.90 Å². The normalized spacial score (nSPS) is 13.9. The lowest BCUT2D eigenvalue weighted by Gasteiger charge is -2.18. The van der Waals surface area contributed by atoms with Crippen molar-refractivity contribution in [2.24, 2.45) is 0 Å². The van der Waals surface area contributed by atoms with Crippen LogP contribution < -0.4 is 14.2 Å². The van der Waals surface area contributed by atoms with Crippen molar-refractivity contribution in [3.63, 3.8) is 0 Å². The lowest BCUT2D eigenvalue weighted by Crippen LogP contribution is -2.23. The van der Waals surface area contributed by atoms with Gasteiger partial charge < -0.3 is 23.8 Å². The van der Waals surface area contributed by atoms with Crippen molar-refractivity contribution in [3.05, 3.63) is 42.0 Å². The van der Waals surface area contributed by atoms with E-state index in [1.165, 1.54) is 0 Å². The number of fused-ring (bicyclic) bond motifs is 3. The minimum absolute atomic E-state index is 0.274. The molecule has 0 unspecified atom stereocenters. The lowest BCUT2D eigenvalue weighted by atomic mass is 9.96. The molecule has 1 fully saturated rings. The number of hydrogen-bond donors (Lipinski definition) is 0. The molecule has 6 heteroatoms. The van der Waals surface area contributed by atoms with Crippen LogP contribution >= 0.6 is 0 Å². The molecule has 3 aromatic carbocycles. The van der Waals surface area contributed by atoms with Crippen molar-refractivity contribution in [2.45, 2.75) is 6.54 Å². The summed E-state index contributed by atoms with van der Waals surface area (Å²) < 4.78 is 21.4. The molecular formula is C21H21NO5. The SMILES string of the molecule is COc1ccc2c(CN3CCOC3=O)cc3cc(OC)c(OC)cc3c2c1. The molecule has 4 rings (SSSR count). The molecule has 0 radical (unpaired) electrons. The highest BCUT2D eigenvalue weighted by Crippen LogP contribution is 2.38. The fourth-order valence-corrected chi connectivity index (χ4v) is 3.57. The van der Waals surface area contributed by atoms with Crippen molar-refractivity contribution in [3.8, 4) is 17.2 Å². The van der Waals surface area contributed by atoms with Crippen molar-refractivity contribution >= 4 is 27.6 Å². The van der Waals surface area contributed by atoms with E-state index < -0.39 is 0 Å². The number of hydrogen-bond acceptors (Lipinski definition) is 5. The van der Waals surface area contributed by atoms with Crippen molar-refractivity contribution in [2.75, 3.05) is 34.5 Å². The van der Waals surface area contributed by atoms with E-state index in [9.17, 15) is 4.79 Å². The summed E-state index contributed by atoms with van der Waals surface area (Å²) in [4.78, 5) is 13.6. The van der Waals surface area contributed by atoms with Crippen LogP contribution in [0.15, 0.2) is 36.4 Å². The first-order valence-electron chi connectivity index (χ1n) is 8.71. The lowest BCUT2D eigenvalue weighted by molar-refractivity contribution is 0.157. The number of methoxy groups -OCH3 is 3. The van der Waals surface area contributed by atoms with E-state index in [1.54, 1.807) is 26.2 Å². The van der Waals surface area contributed by atoms with Crippen LogP contribution in [0.1, 0.15) is 5.56 Å². The first-order valence-corrected chi connectivity index (χ1v) is 8.71. The van der Waals surface area contributed by atoms with Gasteiger partial charge in [-0.1, -0.05) is 6.07 Å². The summed E-state index contributed by atoms with van der Waals surface area (Å²) in [5, 5.41) is 4.15. The molecule has 1 amide bonds. The Morgan fingerprint density at radius 1 is 0.926 bits per heavy atom. The van der Waals surface area contributed by atoms with E-state index in [4.69, 9.17) is 18.9 Å². The third-order valence-corrected chi connectivity index (χ3v) is 4.95. The average molecular weight is 367 g/mol. The summed E-state index contributed by atoms with van der Waals surface area (Å²) in [6.07, 6.45) is -0.274. The van der Waals surface area contributed by atoms with E-state index in [2.05, 4.69) is 6.07 Å². The molecule has 140 valence electrons. The summed E-state index contributed by atoms with van der Waals surface area (Å²) in [5.74, 6) is 2.11. The van der Waals surface area contributed by atoms with Gasteiger partial charge in [0, 0.05) is 6.54 Å². The molecule has 0 aromatic heterocycles. The molecule has 0 aliphatic carbocycles. The van der Waals surface area contributed by atoms with Crippen LogP contribution in [-0.4, -0.2) is 45.5 Å². The van der Waals surface area contributed by atoms with Crippen LogP contribution in [0.4, 0.5) is 4.79 Å². The van der Waals surface area contributed by atoms with Gasteiger partial charge >= 0.3 is 6.09 Å². The minimum atomic E-state index is -0.274. The third kappa shape index (κ3) is 2.97. The third-order valence-electron chi connectivity index (χ3n) is 4.95. The second-order valence-electron chi connectivity index (χ2n) is 6.41. The maximum Gasteiger partial charge on any atom is 0.410 e. The average Bonchev–Trinajstić information content (AvgIpc) is 3.11. The van der Waals surface area contributed by atoms with Gasteiger partial charge in [-0.15, -0.1) is 0 Å². The Labute approximate surface area is 157 Å². The summed E-state index contributed by atoms with van der Waals surface area (Å²) in [5.41, 5.74) is 1.05. The van der Waals surface area contributed by atoms with E-state index in [1.807, 2.05) is 30.3 Å². The highest BCUT2D eigenvalue weighted by Gasteiger charge is 2.23. The van der Waals surface area contributed by atoms with Gasteiger partial charge in [0.15, 0.2) is 11.5 Å². The first kappa shape index (κ1) is 17.3. The predicted octanol–water partition coefficient (Wildman–Crippen LogP) is 3.97. The maximum atomic E-state index is 11.9. The quantitative estimate of drug-likeness (QED) is 0.639. The number of cyclic esters (lactones) is 1. The van der Waals surface area contributed by atoms with Gasteiger partial charge in [0.25, 0.3) is 0 Å². The van der Waals surface area contributed by atoms with Gasteiger partial charge in [-0.05, 0) is 57.4 Å². The topological polar surface area (TPSA) is 57.2 Å². The Bertz CT molecular complexity index is 1030. The molecule has 1 saturated heterocycles. The van der Waals surface area contributed by atoms with Gasteiger partial charge in [-0.25, -0.2) is 4.79 Å². The number of carbonyl (C=O) groups is 1. The summed E-state index contributed by atoms with van der Waals surface area (Å²) >= 11 is 0. The van der Waals surface area contributed by atoms with E-state index in [0.717, 1.165) is 32.9 Å². The van der Waals surface area contributed by atoms with Crippen LogP contribution in [0.3, 0.4) is 0 Å². The maximum absolute atomic E-state index is 11.9. The van der Waals surface area contributed by atoms with Gasteiger partial charge in [-0.2, -0.15) is 0 Å². The second-order valence-corrected chi connectivity index (χ2v) is 6.41. The van der Waals surface area contributed by atoms with Crippen LogP contribution in [0.5, 0.6) is 17.2 Å². The Hall–Kier alpha value is -3.15. The monoisotopic (exact) mass is 367 g/mol. The molecular weight excluding hydrogens is 346 g/mol. The van der Waals surface area contributed by atoms with Gasteiger partial charge in [0.05, 0.1) is 27.9 Å². The number of benzene rings is 3. The molecule has 1 aliphatic heterocycles. The van der Waals surface area contributed by atoms with E-state index in [-0.39, 0.29) is 6.09 Å². The van der Waals surface area contributed by atoms with Crippen LogP contribution in [0.25, 0.3) is 21.5 Å². The highest BCUT2D eigenvalue weighted by atomic mass is 16.6. The fraction of sp³-hybridized carbons (Fsp3) is 0.286. The summed E-state index contributed by atoms with van der Waals surface area (Å²) in [6.45, 7) is 1.52. The van der Waals surface area contributed by atoms with Crippen molar-refractivity contribution in [1.29, 1.82) is 0 Å². The smallest absolute Gasteiger partial charge is 0.410 e. The first-order chi connectivity index (χ1) is 13.1. The highest BCUT2D eigenvalue weighted by molar-refractivity contribution is 6.10. The molecule has 0 spiro atoms. The van der Waals surface area contributed by atoms with Crippen LogP contribution in [0, 0.1) is 0 Å². The van der Waals surface area contributed by atoms with Gasteiger partial charge in [0.2, 0.25) is 0 Å². The zero-order valence-corrected chi connectivity index (χ0v) is 15.6. The second kappa shape index (κ2) is 6.87. The zero-order valence-electron chi connectivity index (χ0n) is 15.6. The molecule has 0 N–H and O–H groups in total. The Morgan fingerprint density at radius 2 is 1.70 bits per heavy atom. The predicted molar refractivity (Wildman–Crippen MR) is 103 cm³/mol. The number of amides is 1. The largest absolute Gasteiger partial charge is 0.497 e. The minimum Gasteiger partial charge on any atom is -0.497 e. The number of rotatable bonds is 5. The molecule has 3 aromatic rings. The van der Waals surface area contributed by atoms with E-state index in [0.29, 0.717) is 31.2 Å². The molecule has 0 atom stereocenters. The van der Waals surface area contributed by atoms with Crippen LogP contribution in [-0.2, 0) is 11.3 Å². The van der Waals surface area contributed by atoms with E-state index >= 15 is 0 Å². The molecule has 1 aliphatic rings. The molecule has 0 bridgehead atoms. The molecule has 27 heavy (non-hydrogen) atoms. The Kier molecular flexibility index (Phi) is 4.39. The summed E-state index contributed by atoms with van der Waals surface area (Å²) in [6, 6.07) is 12.0. The molecule has 1 heterocycles. The Balaban J connectivity index is 1.97. The van der Waals surface area contributed by atoms with Crippen molar-refractivity contribution < 1.29 is 23.7 Å². The number of ether oxygens (including phenoxy) is 4. The van der Waals surface area contributed by atoms with Gasteiger partial charge in [-0.3, -0.25) is 0 Å². The fourth-order valence-electron chi connectivity index (χ4n) is 3.57. The zero-order chi connectivity index (χ0) is 19.0.